The minimum atomic E-state index is -0.744. The lowest BCUT2D eigenvalue weighted by Gasteiger charge is -2.29. The number of nitrogens with zero attached hydrogens (tertiary/aromatic N) is 1. The van der Waals surface area contributed by atoms with E-state index in [0.717, 1.165) is 4.90 Å². The number of hydrogen-bond acceptors (Lipinski definition) is 5. The smallest absolute Gasteiger partial charge is 0.416 e. The summed E-state index contributed by atoms with van der Waals surface area (Å²) in [5.74, 6) is -0.517. The molecule has 2 amide bonds. The van der Waals surface area contributed by atoms with E-state index in [1.165, 1.54) is 6.08 Å². The normalized spacial score (nSPS) is 13.0. The maximum atomic E-state index is 12.2. The molecule has 0 rings (SSSR count). The Balaban J connectivity index is 5.00. The third kappa shape index (κ3) is 6.63. The molecule has 1 atom stereocenters. The Labute approximate surface area is 120 Å². The second-order valence-corrected chi connectivity index (χ2v) is 6.58. The van der Waals surface area contributed by atoms with Crippen molar-refractivity contribution in [3.63, 3.8) is 0 Å². The first kappa shape index (κ1) is 18.0. The topological polar surface area (TPSA) is 72.6 Å². The van der Waals surface area contributed by atoms with Gasteiger partial charge >= 0.3 is 6.09 Å². The Morgan fingerprint density at radius 1 is 1.47 bits per heavy atom. The summed E-state index contributed by atoms with van der Waals surface area (Å²) in [5.41, 5.74) is 5.80. The van der Waals surface area contributed by atoms with Crippen molar-refractivity contribution < 1.29 is 14.3 Å². The van der Waals surface area contributed by atoms with Crippen LogP contribution < -0.4 is 5.73 Å². The number of hydrogen-bond donors (Lipinski definition) is 2. The van der Waals surface area contributed by atoms with E-state index in [2.05, 4.69) is 19.2 Å². The van der Waals surface area contributed by atoms with Crippen molar-refractivity contribution in [2.75, 3.05) is 13.2 Å². The predicted molar refractivity (Wildman–Crippen MR) is 79.1 cm³/mol. The molecule has 0 saturated heterocycles. The molecule has 1 unspecified atom stereocenters. The highest BCUT2D eigenvalue weighted by Gasteiger charge is 2.32. The maximum absolute atomic E-state index is 12.2. The second-order valence-electron chi connectivity index (χ2n) is 5.37. The molecule has 0 aliphatic carbocycles. The third-order valence-corrected chi connectivity index (χ3v) is 2.50. The molecule has 0 aliphatic heterocycles. The average molecular weight is 288 g/mol. The summed E-state index contributed by atoms with van der Waals surface area (Å²) >= 11 is 4.33. The van der Waals surface area contributed by atoms with Crippen LogP contribution in [0.25, 0.3) is 0 Å². The van der Waals surface area contributed by atoms with E-state index in [0.29, 0.717) is 0 Å². The van der Waals surface area contributed by atoms with Gasteiger partial charge in [0.05, 0.1) is 6.04 Å². The number of imide groups is 1. The van der Waals surface area contributed by atoms with Crippen LogP contribution in [0.2, 0.25) is 0 Å². The Morgan fingerprint density at radius 2 is 2.00 bits per heavy atom. The van der Waals surface area contributed by atoms with Gasteiger partial charge in [0.15, 0.2) is 0 Å². The van der Waals surface area contributed by atoms with Crippen LogP contribution >= 0.6 is 12.6 Å². The number of rotatable bonds is 6. The summed E-state index contributed by atoms with van der Waals surface area (Å²) in [5, 5.41) is 0. The number of carbonyl (C=O) groups is 2. The lowest BCUT2D eigenvalue weighted by Crippen LogP contribution is -2.52. The number of nitrogens with two attached hydrogens (primary N) is 1. The summed E-state index contributed by atoms with van der Waals surface area (Å²) in [6.45, 7) is 10.9. The van der Waals surface area contributed by atoms with Gasteiger partial charge in [-0.3, -0.25) is 4.79 Å². The van der Waals surface area contributed by atoms with Crippen LogP contribution in [0.3, 0.4) is 0 Å². The van der Waals surface area contributed by atoms with Crippen LogP contribution in [0.4, 0.5) is 4.79 Å². The predicted octanol–water partition coefficient (Wildman–Crippen LogP) is 1.83. The van der Waals surface area contributed by atoms with Crippen LogP contribution in [-0.4, -0.2) is 40.8 Å². The lowest BCUT2D eigenvalue weighted by molar-refractivity contribution is -0.132. The molecule has 0 bridgehead atoms. The van der Waals surface area contributed by atoms with Crippen molar-refractivity contribution >= 4 is 24.6 Å². The first-order valence-electron chi connectivity index (χ1n) is 6.17. The van der Waals surface area contributed by atoms with Gasteiger partial charge in [-0.2, -0.15) is 12.6 Å². The quantitative estimate of drug-likeness (QED) is 0.578. The Morgan fingerprint density at radius 3 is 2.37 bits per heavy atom. The van der Waals surface area contributed by atoms with E-state index in [1.54, 1.807) is 13.8 Å². The van der Waals surface area contributed by atoms with Gasteiger partial charge in [0.2, 0.25) is 5.91 Å². The first-order valence-corrected chi connectivity index (χ1v) is 6.62. The summed E-state index contributed by atoms with van der Waals surface area (Å²) in [7, 11) is 0. The molecular weight excluding hydrogens is 264 g/mol. The van der Waals surface area contributed by atoms with E-state index in [4.69, 9.17) is 10.5 Å². The lowest BCUT2D eigenvalue weighted by atomic mass is 10.0. The fourth-order valence-electron chi connectivity index (χ4n) is 1.29. The molecule has 19 heavy (non-hydrogen) atoms. The summed E-state index contributed by atoms with van der Waals surface area (Å²) < 4.78 is 4.38. The molecule has 0 aromatic rings. The molecule has 0 aromatic carbocycles. The zero-order chi connectivity index (χ0) is 15.2. The van der Waals surface area contributed by atoms with Crippen molar-refractivity contribution in [2.45, 2.75) is 38.5 Å². The van der Waals surface area contributed by atoms with Crippen LogP contribution in [0, 0.1) is 5.92 Å². The highest BCUT2D eigenvalue weighted by Crippen LogP contribution is 2.16. The van der Waals surface area contributed by atoms with Gasteiger partial charge in [-0.15, -0.1) is 0 Å². The van der Waals surface area contributed by atoms with E-state index < -0.39 is 22.8 Å². The molecule has 5 nitrogen and oxygen atoms in total. The molecule has 0 fully saturated rings. The van der Waals surface area contributed by atoms with Gasteiger partial charge < -0.3 is 10.5 Å². The summed E-state index contributed by atoms with van der Waals surface area (Å²) in [6.07, 6.45) is 0.720. The van der Waals surface area contributed by atoms with E-state index in [9.17, 15) is 9.59 Å². The summed E-state index contributed by atoms with van der Waals surface area (Å²) in [6, 6.07) is -0.744. The zero-order valence-electron chi connectivity index (χ0n) is 12.0. The summed E-state index contributed by atoms with van der Waals surface area (Å²) in [4.78, 5) is 25.1. The van der Waals surface area contributed by atoms with Gasteiger partial charge in [0.1, 0.15) is 6.61 Å². The van der Waals surface area contributed by atoms with E-state index in [-0.39, 0.29) is 19.1 Å². The SMILES string of the molecule is C=CCOC(=O)N(CC(C)(C)S)C(=O)C(N)C(C)C. The molecule has 0 heterocycles. The number of thiol groups is 1. The van der Waals surface area contributed by atoms with Gasteiger partial charge in [0, 0.05) is 11.3 Å². The van der Waals surface area contributed by atoms with Crippen molar-refractivity contribution in [1.29, 1.82) is 0 Å². The highest BCUT2D eigenvalue weighted by molar-refractivity contribution is 7.81. The van der Waals surface area contributed by atoms with Crippen LogP contribution in [0.15, 0.2) is 12.7 Å². The largest absolute Gasteiger partial charge is 0.445 e. The van der Waals surface area contributed by atoms with Crippen molar-refractivity contribution in [2.24, 2.45) is 11.7 Å². The Hall–Kier alpha value is -1.01. The van der Waals surface area contributed by atoms with E-state index >= 15 is 0 Å². The maximum Gasteiger partial charge on any atom is 0.416 e. The molecule has 2 N–H and O–H groups in total. The molecule has 0 spiro atoms. The minimum Gasteiger partial charge on any atom is -0.445 e. The van der Waals surface area contributed by atoms with Crippen molar-refractivity contribution in [3.8, 4) is 0 Å². The monoisotopic (exact) mass is 288 g/mol. The Bertz CT molecular complexity index is 337. The number of ether oxygens (including phenoxy) is 1. The van der Waals surface area contributed by atoms with Crippen LogP contribution in [-0.2, 0) is 9.53 Å². The molecule has 6 heteroatoms. The van der Waals surface area contributed by atoms with Crippen molar-refractivity contribution in [1.82, 2.24) is 4.90 Å². The highest BCUT2D eigenvalue weighted by atomic mass is 32.1. The Kier molecular flexibility index (Phi) is 7.15. The third-order valence-electron chi connectivity index (χ3n) is 2.36. The van der Waals surface area contributed by atoms with E-state index in [1.807, 2.05) is 13.8 Å². The molecule has 0 saturated carbocycles. The molecule has 0 aliphatic rings. The molecule has 110 valence electrons. The average Bonchev–Trinajstić information content (AvgIpc) is 2.29. The van der Waals surface area contributed by atoms with Crippen LogP contribution in [0.1, 0.15) is 27.7 Å². The fourth-order valence-corrected chi connectivity index (χ4v) is 1.43. The molecule has 0 aromatic heterocycles. The second kappa shape index (κ2) is 7.55. The fraction of sp³-hybridized carbons (Fsp3) is 0.692. The zero-order valence-corrected chi connectivity index (χ0v) is 12.9. The number of carbonyl (C=O) groups excluding carboxylic acids is 2. The standard InChI is InChI=1S/C13H24N2O3S/c1-6-7-18-12(17)15(8-13(4,5)19)11(16)10(14)9(2)3/h6,9-10,19H,1,7-8,14H2,2-5H3. The minimum absolute atomic E-state index is 0.0481. The van der Waals surface area contributed by atoms with Crippen molar-refractivity contribution in [3.05, 3.63) is 12.7 Å². The first-order chi connectivity index (χ1) is 8.60. The molecule has 0 radical (unpaired) electrons. The van der Waals surface area contributed by atoms with Crippen LogP contribution in [0.5, 0.6) is 0 Å². The van der Waals surface area contributed by atoms with Gasteiger partial charge in [0.25, 0.3) is 0 Å². The van der Waals surface area contributed by atoms with Gasteiger partial charge in [-0.1, -0.05) is 26.5 Å². The number of amides is 2. The van der Waals surface area contributed by atoms with Gasteiger partial charge in [-0.05, 0) is 19.8 Å². The molecular formula is C13H24N2O3S. The van der Waals surface area contributed by atoms with Gasteiger partial charge in [-0.25, -0.2) is 9.69 Å².